The van der Waals surface area contributed by atoms with Crippen LogP contribution in [0.5, 0.6) is 5.75 Å². The Balaban J connectivity index is 1.90. The van der Waals surface area contributed by atoms with Crippen molar-refractivity contribution in [3.05, 3.63) is 29.8 Å². The summed E-state index contributed by atoms with van der Waals surface area (Å²) in [4.78, 5) is 0. The maximum Gasteiger partial charge on any atom is 0.573 e. The van der Waals surface area contributed by atoms with Crippen molar-refractivity contribution in [3.63, 3.8) is 0 Å². The van der Waals surface area contributed by atoms with Gasteiger partial charge in [0.05, 0.1) is 6.61 Å². The summed E-state index contributed by atoms with van der Waals surface area (Å²) in [6, 6.07) is 5.78. The Labute approximate surface area is 115 Å². The molecule has 2 rings (SSSR count). The predicted octanol–water partition coefficient (Wildman–Crippen LogP) is 2.98. The molecule has 20 heavy (non-hydrogen) atoms. The fraction of sp³-hybridized carbons (Fsp3) is 0.571. The molecule has 0 radical (unpaired) electrons. The summed E-state index contributed by atoms with van der Waals surface area (Å²) in [5, 5.41) is 12.8. The smallest absolute Gasteiger partial charge is 0.406 e. The van der Waals surface area contributed by atoms with Gasteiger partial charge in [0.2, 0.25) is 0 Å². The SMILES string of the molecule is OCC1(NCc2ccc(OC(F)(F)F)cc2)CCCC1. The van der Waals surface area contributed by atoms with Crippen molar-refractivity contribution in [2.75, 3.05) is 6.61 Å². The quantitative estimate of drug-likeness (QED) is 0.875. The molecular formula is C14H18F3NO2. The second kappa shape index (κ2) is 6.01. The summed E-state index contributed by atoms with van der Waals surface area (Å²) >= 11 is 0. The van der Waals surface area contributed by atoms with Crippen molar-refractivity contribution in [2.45, 2.75) is 44.1 Å². The molecule has 3 nitrogen and oxygen atoms in total. The minimum atomic E-state index is -4.66. The van der Waals surface area contributed by atoms with Crippen LogP contribution in [0.2, 0.25) is 0 Å². The van der Waals surface area contributed by atoms with Gasteiger partial charge in [0.1, 0.15) is 5.75 Å². The molecule has 2 N–H and O–H groups in total. The molecule has 0 unspecified atom stereocenters. The van der Waals surface area contributed by atoms with Gasteiger partial charge in [-0.25, -0.2) is 0 Å². The number of hydrogen-bond donors (Lipinski definition) is 2. The number of ether oxygens (including phenoxy) is 1. The molecule has 0 aliphatic heterocycles. The van der Waals surface area contributed by atoms with Crippen LogP contribution in [-0.2, 0) is 6.54 Å². The predicted molar refractivity (Wildman–Crippen MR) is 68.2 cm³/mol. The molecule has 0 heterocycles. The van der Waals surface area contributed by atoms with E-state index in [0.717, 1.165) is 31.2 Å². The highest BCUT2D eigenvalue weighted by molar-refractivity contribution is 5.27. The van der Waals surface area contributed by atoms with E-state index in [9.17, 15) is 18.3 Å². The molecule has 0 aromatic heterocycles. The van der Waals surface area contributed by atoms with Crippen LogP contribution >= 0.6 is 0 Å². The van der Waals surface area contributed by atoms with Gasteiger partial charge in [0.15, 0.2) is 0 Å². The zero-order valence-electron chi connectivity index (χ0n) is 11.0. The average molecular weight is 289 g/mol. The number of aliphatic hydroxyl groups is 1. The van der Waals surface area contributed by atoms with Gasteiger partial charge in [-0.05, 0) is 30.5 Å². The monoisotopic (exact) mass is 289 g/mol. The second-order valence-corrected chi connectivity index (χ2v) is 5.19. The Morgan fingerprint density at radius 3 is 2.25 bits per heavy atom. The van der Waals surface area contributed by atoms with E-state index < -0.39 is 6.36 Å². The second-order valence-electron chi connectivity index (χ2n) is 5.19. The van der Waals surface area contributed by atoms with Gasteiger partial charge >= 0.3 is 6.36 Å². The summed E-state index contributed by atoms with van der Waals surface area (Å²) in [5.41, 5.74) is 0.625. The third kappa shape index (κ3) is 4.11. The largest absolute Gasteiger partial charge is 0.573 e. The fourth-order valence-electron chi connectivity index (χ4n) is 2.54. The van der Waals surface area contributed by atoms with Gasteiger partial charge in [-0.15, -0.1) is 13.2 Å². The van der Waals surface area contributed by atoms with Crippen molar-refractivity contribution in [3.8, 4) is 5.75 Å². The first-order chi connectivity index (χ1) is 9.42. The summed E-state index contributed by atoms with van der Waals surface area (Å²) in [5.74, 6) is -0.223. The van der Waals surface area contributed by atoms with E-state index in [1.807, 2.05) is 0 Å². The van der Waals surface area contributed by atoms with Gasteiger partial charge in [-0.1, -0.05) is 25.0 Å². The first kappa shape index (κ1) is 15.1. The van der Waals surface area contributed by atoms with Gasteiger partial charge < -0.3 is 15.2 Å². The molecule has 1 aliphatic rings. The number of hydrogen-bond acceptors (Lipinski definition) is 3. The summed E-state index contributed by atoms with van der Waals surface area (Å²) in [6.07, 6.45) is -0.625. The molecule has 0 atom stereocenters. The third-order valence-corrected chi connectivity index (χ3v) is 3.69. The molecule has 112 valence electrons. The van der Waals surface area contributed by atoms with Gasteiger partial charge in [0, 0.05) is 12.1 Å². The Morgan fingerprint density at radius 2 is 1.75 bits per heavy atom. The standard InChI is InChI=1S/C14H18F3NO2/c15-14(16,17)20-12-5-3-11(4-6-12)9-18-13(10-19)7-1-2-8-13/h3-6,18-19H,1-2,7-10H2. The van der Waals surface area contributed by atoms with Crippen molar-refractivity contribution in [2.24, 2.45) is 0 Å². The maximum absolute atomic E-state index is 12.0. The highest BCUT2D eigenvalue weighted by Gasteiger charge is 2.32. The molecule has 1 aliphatic carbocycles. The lowest BCUT2D eigenvalue weighted by molar-refractivity contribution is -0.274. The minimum Gasteiger partial charge on any atom is -0.406 e. The number of halogens is 3. The maximum atomic E-state index is 12.0. The van der Waals surface area contributed by atoms with Crippen LogP contribution in [0.15, 0.2) is 24.3 Å². The Morgan fingerprint density at radius 1 is 1.15 bits per heavy atom. The molecular weight excluding hydrogens is 271 g/mol. The molecule has 1 aromatic carbocycles. The zero-order chi connectivity index (χ0) is 14.6. The van der Waals surface area contributed by atoms with Crippen molar-refractivity contribution >= 4 is 0 Å². The molecule has 1 fully saturated rings. The molecule has 0 saturated heterocycles. The van der Waals surface area contributed by atoms with E-state index in [1.54, 1.807) is 12.1 Å². The van der Waals surface area contributed by atoms with E-state index >= 15 is 0 Å². The molecule has 0 amide bonds. The number of aliphatic hydroxyl groups excluding tert-OH is 1. The van der Waals surface area contributed by atoms with Crippen LogP contribution in [0.4, 0.5) is 13.2 Å². The van der Waals surface area contributed by atoms with Crippen LogP contribution in [0, 0.1) is 0 Å². The third-order valence-electron chi connectivity index (χ3n) is 3.69. The summed E-state index contributed by atoms with van der Waals surface area (Å²) in [7, 11) is 0. The number of alkyl halides is 3. The lowest BCUT2D eigenvalue weighted by atomic mass is 9.98. The lowest BCUT2D eigenvalue weighted by Gasteiger charge is -2.28. The van der Waals surface area contributed by atoms with E-state index in [-0.39, 0.29) is 17.9 Å². The Kier molecular flexibility index (Phi) is 4.55. The molecule has 1 saturated carbocycles. The van der Waals surface area contributed by atoms with Gasteiger partial charge in [-0.3, -0.25) is 0 Å². The van der Waals surface area contributed by atoms with Crippen molar-refractivity contribution in [1.29, 1.82) is 0 Å². The van der Waals surface area contributed by atoms with E-state index in [0.29, 0.717) is 6.54 Å². The molecule has 0 bridgehead atoms. The summed E-state index contributed by atoms with van der Waals surface area (Å²) < 4.78 is 39.9. The minimum absolute atomic E-state index is 0.0856. The van der Waals surface area contributed by atoms with Crippen LogP contribution in [-0.4, -0.2) is 23.6 Å². The zero-order valence-corrected chi connectivity index (χ0v) is 11.0. The van der Waals surface area contributed by atoms with Crippen molar-refractivity contribution < 1.29 is 23.0 Å². The topological polar surface area (TPSA) is 41.5 Å². The number of rotatable bonds is 5. The van der Waals surface area contributed by atoms with Crippen LogP contribution in [0.1, 0.15) is 31.2 Å². The average Bonchev–Trinajstić information content (AvgIpc) is 2.86. The lowest BCUT2D eigenvalue weighted by Crippen LogP contribution is -2.45. The molecule has 6 heteroatoms. The highest BCUT2D eigenvalue weighted by atomic mass is 19.4. The normalized spacial score (nSPS) is 18.2. The van der Waals surface area contributed by atoms with Crippen LogP contribution in [0.3, 0.4) is 0 Å². The van der Waals surface area contributed by atoms with Gasteiger partial charge in [0.25, 0.3) is 0 Å². The first-order valence-electron chi connectivity index (χ1n) is 6.63. The molecule has 1 aromatic rings. The fourth-order valence-corrected chi connectivity index (χ4v) is 2.54. The Bertz CT molecular complexity index is 425. The van der Waals surface area contributed by atoms with E-state index in [2.05, 4.69) is 10.1 Å². The van der Waals surface area contributed by atoms with Crippen LogP contribution in [0.25, 0.3) is 0 Å². The number of benzene rings is 1. The van der Waals surface area contributed by atoms with E-state index in [1.165, 1.54) is 12.1 Å². The Hall–Kier alpha value is -1.27. The van der Waals surface area contributed by atoms with Gasteiger partial charge in [-0.2, -0.15) is 0 Å². The first-order valence-corrected chi connectivity index (χ1v) is 6.63. The number of nitrogens with one attached hydrogen (secondary N) is 1. The molecule has 0 spiro atoms. The van der Waals surface area contributed by atoms with Crippen LogP contribution < -0.4 is 10.1 Å². The van der Waals surface area contributed by atoms with E-state index in [4.69, 9.17) is 0 Å². The van der Waals surface area contributed by atoms with Crippen molar-refractivity contribution in [1.82, 2.24) is 5.32 Å². The highest BCUT2D eigenvalue weighted by Crippen LogP contribution is 2.29. The summed E-state index contributed by atoms with van der Waals surface area (Å²) in [6.45, 7) is 0.606.